The SMILES string of the molecule is C1=CCC(C2COCCN2)NC1. The van der Waals surface area contributed by atoms with E-state index in [1.165, 1.54) is 0 Å². The highest BCUT2D eigenvalue weighted by atomic mass is 16.5. The molecule has 0 aromatic heterocycles. The normalized spacial score (nSPS) is 36.7. The van der Waals surface area contributed by atoms with Gasteiger partial charge in [0.25, 0.3) is 0 Å². The van der Waals surface area contributed by atoms with Crippen molar-refractivity contribution in [2.45, 2.75) is 18.5 Å². The zero-order chi connectivity index (χ0) is 8.23. The summed E-state index contributed by atoms with van der Waals surface area (Å²) < 4.78 is 5.41. The molecular weight excluding hydrogens is 152 g/mol. The zero-order valence-corrected chi connectivity index (χ0v) is 7.25. The molecule has 2 aliphatic heterocycles. The summed E-state index contributed by atoms with van der Waals surface area (Å²) in [6, 6.07) is 1.07. The second-order valence-electron chi connectivity index (χ2n) is 3.36. The predicted molar refractivity (Wildman–Crippen MR) is 48.2 cm³/mol. The van der Waals surface area contributed by atoms with Crippen LogP contribution in [0.4, 0.5) is 0 Å². The van der Waals surface area contributed by atoms with Crippen molar-refractivity contribution in [2.24, 2.45) is 0 Å². The lowest BCUT2D eigenvalue weighted by molar-refractivity contribution is 0.0639. The van der Waals surface area contributed by atoms with Crippen LogP contribution in [-0.2, 0) is 4.74 Å². The predicted octanol–water partition coefficient (Wildman–Crippen LogP) is -0.107. The Balaban J connectivity index is 1.85. The molecule has 3 heteroatoms. The molecule has 2 N–H and O–H groups in total. The molecule has 0 amide bonds. The lowest BCUT2D eigenvalue weighted by atomic mass is 10.0. The van der Waals surface area contributed by atoms with Crippen LogP contribution in [0, 0.1) is 0 Å². The summed E-state index contributed by atoms with van der Waals surface area (Å²) in [4.78, 5) is 0. The van der Waals surface area contributed by atoms with Crippen LogP contribution in [0.25, 0.3) is 0 Å². The van der Waals surface area contributed by atoms with E-state index < -0.39 is 0 Å². The highest BCUT2D eigenvalue weighted by molar-refractivity contribution is 4.98. The zero-order valence-electron chi connectivity index (χ0n) is 7.25. The lowest BCUT2D eigenvalue weighted by Crippen LogP contribution is -2.54. The third kappa shape index (κ3) is 1.86. The number of morpholine rings is 1. The Kier molecular flexibility index (Phi) is 2.76. The third-order valence-electron chi connectivity index (χ3n) is 2.49. The van der Waals surface area contributed by atoms with Crippen LogP contribution in [0.2, 0.25) is 0 Å². The fourth-order valence-electron chi connectivity index (χ4n) is 1.78. The van der Waals surface area contributed by atoms with Gasteiger partial charge in [-0.1, -0.05) is 12.2 Å². The van der Waals surface area contributed by atoms with Crippen molar-refractivity contribution in [1.29, 1.82) is 0 Å². The molecule has 0 aromatic rings. The van der Waals surface area contributed by atoms with Crippen LogP contribution in [-0.4, -0.2) is 38.4 Å². The summed E-state index contributed by atoms with van der Waals surface area (Å²) in [7, 11) is 0. The molecular formula is C9H16N2O. The minimum Gasteiger partial charge on any atom is -0.378 e. The molecule has 0 spiro atoms. The van der Waals surface area contributed by atoms with Crippen LogP contribution in [0.3, 0.4) is 0 Å². The first-order valence-corrected chi connectivity index (χ1v) is 4.66. The van der Waals surface area contributed by atoms with Crippen molar-refractivity contribution >= 4 is 0 Å². The van der Waals surface area contributed by atoms with E-state index in [0.29, 0.717) is 12.1 Å². The van der Waals surface area contributed by atoms with E-state index in [2.05, 4.69) is 22.8 Å². The van der Waals surface area contributed by atoms with Crippen molar-refractivity contribution in [1.82, 2.24) is 10.6 Å². The molecule has 0 bridgehead atoms. The number of hydrogen-bond acceptors (Lipinski definition) is 3. The quantitative estimate of drug-likeness (QED) is 0.536. The Morgan fingerprint density at radius 3 is 2.83 bits per heavy atom. The minimum atomic E-state index is 0.503. The Morgan fingerprint density at radius 2 is 2.17 bits per heavy atom. The fraction of sp³-hybridized carbons (Fsp3) is 0.778. The topological polar surface area (TPSA) is 33.3 Å². The van der Waals surface area contributed by atoms with Crippen molar-refractivity contribution in [3.05, 3.63) is 12.2 Å². The van der Waals surface area contributed by atoms with E-state index in [-0.39, 0.29) is 0 Å². The van der Waals surface area contributed by atoms with Gasteiger partial charge in [-0.3, -0.25) is 0 Å². The smallest absolute Gasteiger partial charge is 0.0635 e. The molecule has 0 radical (unpaired) electrons. The Hall–Kier alpha value is -0.380. The monoisotopic (exact) mass is 168 g/mol. The van der Waals surface area contributed by atoms with Gasteiger partial charge in [0.15, 0.2) is 0 Å². The van der Waals surface area contributed by atoms with E-state index >= 15 is 0 Å². The second-order valence-corrected chi connectivity index (χ2v) is 3.36. The van der Waals surface area contributed by atoms with Crippen LogP contribution in [0.1, 0.15) is 6.42 Å². The van der Waals surface area contributed by atoms with Gasteiger partial charge in [0.05, 0.1) is 13.2 Å². The summed E-state index contributed by atoms with van der Waals surface area (Å²) in [6.45, 7) is 3.71. The molecule has 12 heavy (non-hydrogen) atoms. The summed E-state index contributed by atoms with van der Waals surface area (Å²) in [5, 5.41) is 6.93. The maximum Gasteiger partial charge on any atom is 0.0635 e. The lowest BCUT2D eigenvalue weighted by Gasteiger charge is -2.32. The summed E-state index contributed by atoms with van der Waals surface area (Å²) in [5.74, 6) is 0. The molecule has 2 rings (SSSR count). The van der Waals surface area contributed by atoms with Gasteiger partial charge in [0.2, 0.25) is 0 Å². The van der Waals surface area contributed by atoms with Crippen molar-refractivity contribution < 1.29 is 4.74 Å². The van der Waals surface area contributed by atoms with Gasteiger partial charge < -0.3 is 15.4 Å². The Bertz CT molecular complexity index is 164. The molecule has 1 saturated heterocycles. The Labute approximate surface area is 73.2 Å². The third-order valence-corrected chi connectivity index (χ3v) is 2.49. The minimum absolute atomic E-state index is 0.503. The summed E-state index contributed by atoms with van der Waals surface area (Å²) >= 11 is 0. The van der Waals surface area contributed by atoms with Crippen molar-refractivity contribution in [3.63, 3.8) is 0 Å². The molecule has 68 valence electrons. The van der Waals surface area contributed by atoms with Gasteiger partial charge in [-0.2, -0.15) is 0 Å². The van der Waals surface area contributed by atoms with Crippen LogP contribution < -0.4 is 10.6 Å². The standard InChI is InChI=1S/C9H16N2O/c1-2-4-10-8(3-1)9-7-12-6-5-11-9/h1-2,8-11H,3-7H2. The molecule has 0 saturated carbocycles. The molecule has 2 aliphatic rings. The molecule has 3 nitrogen and oxygen atoms in total. The van der Waals surface area contributed by atoms with Gasteiger partial charge >= 0.3 is 0 Å². The number of ether oxygens (including phenoxy) is 1. The molecule has 1 fully saturated rings. The summed E-state index contributed by atoms with van der Waals surface area (Å²) in [5.41, 5.74) is 0. The van der Waals surface area contributed by atoms with Crippen molar-refractivity contribution in [2.75, 3.05) is 26.3 Å². The van der Waals surface area contributed by atoms with Gasteiger partial charge in [0, 0.05) is 25.2 Å². The van der Waals surface area contributed by atoms with E-state index in [4.69, 9.17) is 4.74 Å². The maximum atomic E-state index is 5.41. The van der Waals surface area contributed by atoms with Crippen LogP contribution in [0.5, 0.6) is 0 Å². The van der Waals surface area contributed by atoms with E-state index in [9.17, 15) is 0 Å². The first kappa shape index (κ1) is 8.23. The first-order chi connectivity index (χ1) is 5.97. The number of rotatable bonds is 1. The van der Waals surface area contributed by atoms with Crippen molar-refractivity contribution in [3.8, 4) is 0 Å². The van der Waals surface area contributed by atoms with Gasteiger partial charge in [-0.15, -0.1) is 0 Å². The highest BCUT2D eigenvalue weighted by Crippen LogP contribution is 2.07. The molecule has 2 unspecified atom stereocenters. The van der Waals surface area contributed by atoms with Gasteiger partial charge in [0.1, 0.15) is 0 Å². The molecule has 2 heterocycles. The average Bonchev–Trinajstić information content (AvgIpc) is 2.21. The number of nitrogens with one attached hydrogen (secondary N) is 2. The van der Waals surface area contributed by atoms with Crippen LogP contribution >= 0.6 is 0 Å². The Morgan fingerprint density at radius 1 is 1.17 bits per heavy atom. The largest absolute Gasteiger partial charge is 0.378 e. The molecule has 0 aromatic carbocycles. The fourth-order valence-corrected chi connectivity index (χ4v) is 1.78. The van der Waals surface area contributed by atoms with Gasteiger partial charge in [-0.05, 0) is 6.42 Å². The molecule has 2 atom stereocenters. The van der Waals surface area contributed by atoms with Crippen LogP contribution in [0.15, 0.2) is 12.2 Å². The first-order valence-electron chi connectivity index (χ1n) is 4.66. The van der Waals surface area contributed by atoms with Gasteiger partial charge in [-0.25, -0.2) is 0 Å². The molecule has 0 aliphatic carbocycles. The second kappa shape index (κ2) is 4.03. The number of hydrogen-bond donors (Lipinski definition) is 2. The highest BCUT2D eigenvalue weighted by Gasteiger charge is 2.22. The van der Waals surface area contributed by atoms with E-state index in [1.807, 2.05) is 0 Å². The van der Waals surface area contributed by atoms with E-state index in [1.54, 1.807) is 0 Å². The maximum absolute atomic E-state index is 5.41. The van der Waals surface area contributed by atoms with E-state index in [0.717, 1.165) is 32.7 Å². The summed E-state index contributed by atoms with van der Waals surface area (Å²) in [6.07, 6.45) is 5.55. The average molecular weight is 168 g/mol.